The fourth-order valence-corrected chi connectivity index (χ4v) is 1.37. The third kappa shape index (κ3) is 3.24. The van der Waals surface area contributed by atoms with Crippen LogP contribution in [0.1, 0.15) is 47.0 Å². The van der Waals surface area contributed by atoms with E-state index in [9.17, 15) is 4.79 Å². The first-order valence-electron chi connectivity index (χ1n) is 4.68. The third-order valence-electron chi connectivity index (χ3n) is 2.93. The molecule has 0 aliphatic heterocycles. The first-order valence-corrected chi connectivity index (χ1v) is 4.68. The molecule has 0 aliphatic rings. The molecule has 2 heteroatoms. The van der Waals surface area contributed by atoms with E-state index in [4.69, 9.17) is 5.11 Å². The van der Waals surface area contributed by atoms with Gasteiger partial charge in [-0.25, -0.2) is 0 Å². The number of hydrogen-bond donors (Lipinski definition) is 1. The minimum Gasteiger partial charge on any atom is -0.481 e. The number of carbonyl (C=O) groups is 1. The maximum atomic E-state index is 10.6. The summed E-state index contributed by atoms with van der Waals surface area (Å²) >= 11 is 0. The van der Waals surface area contributed by atoms with Gasteiger partial charge in [0.15, 0.2) is 0 Å². The summed E-state index contributed by atoms with van der Waals surface area (Å²) in [6.07, 6.45) is 2.90. The van der Waals surface area contributed by atoms with Crippen LogP contribution in [0.4, 0.5) is 0 Å². The van der Waals surface area contributed by atoms with Gasteiger partial charge >= 0.3 is 5.97 Å². The maximum absolute atomic E-state index is 10.6. The molecule has 0 radical (unpaired) electrons. The lowest BCUT2D eigenvalue weighted by molar-refractivity contribution is -0.142. The summed E-state index contributed by atoms with van der Waals surface area (Å²) in [5.74, 6) is -0.891. The summed E-state index contributed by atoms with van der Waals surface area (Å²) in [4.78, 5) is 10.6. The van der Waals surface area contributed by atoms with Gasteiger partial charge in [0.2, 0.25) is 0 Å². The van der Waals surface area contributed by atoms with Crippen LogP contribution in [-0.4, -0.2) is 11.1 Å². The van der Waals surface area contributed by atoms with Crippen molar-refractivity contribution < 1.29 is 9.90 Å². The largest absolute Gasteiger partial charge is 0.481 e. The van der Waals surface area contributed by atoms with Crippen LogP contribution in [0, 0.1) is 11.3 Å². The topological polar surface area (TPSA) is 37.3 Å². The van der Waals surface area contributed by atoms with Crippen molar-refractivity contribution in [2.75, 3.05) is 0 Å². The molecule has 1 atom stereocenters. The molecule has 0 aliphatic carbocycles. The highest BCUT2D eigenvalue weighted by molar-refractivity contribution is 5.69. The van der Waals surface area contributed by atoms with Crippen molar-refractivity contribution in [1.82, 2.24) is 0 Å². The number of aliphatic carboxylic acids is 1. The fourth-order valence-electron chi connectivity index (χ4n) is 1.37. The second kappa shape index (κ2) is 4.48. The van der Waals surface area contributed by atoms with E-state index in [2.05, 4.69) is 20.8 Å². The Morgan fingerprint density at radius 2 is 1.83 bits per heavy atom. The maximum Gasteiger partial charge on any atom is 0.306 e. The van der Waals surface area contributed by atoms with Crippen molar-refractivity contribution in [2.45, 2.75) is 47.0 Å². The standard InChI is InChI=1S/C10H20O2/c1-5-10(4,6-2)7-8(3)9(11)12/h8H,5-7H2,1-4H3,(H,11,12). The van der Waals surface area contributed by atoms with E-state index in [1.54, 1.807) is 6.92 Å². The number of rotatable bonds is 5. The molecule has 0 aromatic rings. The summed E-state index contributed by atoms with van der Waals surface area (Å²) in [6.45, 7) is 8.19. The molecule has 0 spiro atoms. The Kier molecular flexibility index (Phi) is 4.29. The van der Waals surface area contributed by atoms with Crippen molar-refractivity contribution in [3.63, 3.8) is 0 Å². The van der Waals surface area contributed by atoms with Crippen LogP contribution in [0.15, 0.2) is 0 Å². The summed E-state index contributed by atoms with van der Waals surface area (Å²) in [5, 5.41) is 8.74. The lowest BCUT2D eigenvalue weighted by atomic mass is 9.77. The van der Waals surface area contributed by atoms with Crippen LogP contribution in [0.2, 0.25) is 0 Å². The summed E-state index contributed by atoms with van der Waals surface area (Å²) < 4.78 is 0. The van der Waals surface area contributed by atoms with Crippen molar-refractivity contribution >= 4 is 5.97 Å². The zero-order valence-electron chi connectivity index (χ0n) is 8.55. The first-order chi connectivity index (χ1) is 5.45. The normalized spacial score (nSPS) is 14.3. The SMILES string of the molecule is CCC(C)(CC)CC(C)C(=O)O. The Morgan fingerprint density at radius 3 is 2.08 bits per heavy atom. The van der Waals surface area contributed by atoms with Crippen LogP contribution >= 0.6 is 0 Å². The molecule has 0 heterocycles. The minimum atomic E-state index is -0.678. The molecule has 72 valence electrons. The Balaban J connectivity index is 4.11. The average Bonchev–Trinajstić information content (AvgIpc) is 2.04. The first kappa shape index (κ1) is 11.5. The Hall–Kier alpha value is -0.530. The highest BCUT2D eigenvalue weighted by atomic mass is 16.4. The number of carboxylic acid groups (broad SMARTS) is 1. The molecule has 1 N–H and O–H groups in total. The van der Waals surface area contributed by atoms with Crippen LogP contribution in [0.3, 0.4) is 0 Å². The lowest BCUT2D eigenvalue weighted by Gasteiger charge is -2.28. The fraction of sp³-hybridized carbons (Fsp3) is 0.900. The Morgan fingerprint density at radius 1 is 1.42 bits per heavy atom. The highest BCUT2D eigenvalue weighted by Gasteiger charge is 2.25. The molecule has 0 rings (SSSR count). The van der Waals surface area contributed by atoms with Gasteiger partial charge in [-0.15, -0.1) is 0 Å². The summed E-state index contributed by atoms with van der Waals surface area (Å²) in [5.41, 5.74) is 0.206. The smallest absolute Gasteiger partial charge is 0.306 e. The van der Waals surface area contributed by atoms with Gasteiger partial charge in [0.25, 0.3) is 0 Å². The molecule has 0 amide bonds. The molecule has 12 heavy (non-hydrogen) atoms. The molecule has 0 bridgehead atoms. The van der Waals surface area contributed by atoms with Gasteiger partial charge in [-0.2, -0.15) is 0 Å². The van der Waals surface area contributed by atoms with Crippen LogP contribution < -0.4 is 0 Å². The molecule has 0 fully saturated rings. The molecule has 2 nitrogen and oxygen atoms in total. The van der Waals surface area contributed by atoms with Gasteiger partial charge in [0.1, 0.15) is 0 Å². The van der Waals surface area contributed by atoms with Crippen molar-refractivity contribution in [3.05, 3.63) is 0 Å². The average molecular weight is 172 g/mol. The van der Waals surface area contributed by atoms with E-state index in [1.807, 2.05) is 0 Å². The molecule has 0 saturated carbocycles. The number of hydrogen-bond acceptors (Lipinski definition) is 1. The van der Waals surface area contributed by atoms with E-state index < -0.39 is 5.97 Å². The van der Waals surface area contributed by atoms with Gasteiger partial charge in [0.05, 0.1) is 5.92 Å². The molecular weight excluding hydrogens is 152 g/mol. The van der Waals surface area contributed by atoms with Crippen LogP contribution in [0.25, 0.3) is 0 Å². The van der Waals surface area contributed by atoms with E-state index in [0.717, 1.165) is 19.3 Å². The predicted molar refractivity (Wildman–Crippen MR) is 50.1 cm³/mol. The van der Waals surface area contributed by atoms with Crippen LogP contribution in [-0.2, 0) is 4.79 Å². The molecule has 1 unspecified atom stereocenters. The van der Waals surface area contributed by atoms with E-state index >= 15 is 0 Å². The van der Waals surface area contributed by atoms with Crippen molar-refractivity contribution in [1.29, 1.82) is 0 Å². The van der Waals surface area contributed by atoms with Gasteiger partial charge in [0, 0.05) is 0 Å². The van der Waals surface area contributed by atoms with E-state index in [0.29, 0.717) is 0 Å². The lowest BCUT2D eigenvalue weighted by Crippen LogP contribution is -2.22. The highest BCUT2D eigenvalue weighted by Crippen LogP contribution is 2.32. The van der Waals surface area contributed by atoms with Crippen LogP contribution in [0.5, 0.6) is 0 Å². The Labute approximate surface area is 75.0 Å². The van der Waals surface area contributed by atoms with Gasteiger partial charge in [-0.1, -0.05) is 40.5 Å². The van der Waals surface area contributed by atoms with E-state index in [-0.39, 0.29) is 11.3 Å². The monoisotopic (exact) mass is 172 g/mol. The Bertz CT molecular complexity index is 148. The minimum absolute atomic E-state index is 0.206. The second-order valence-electron chi connectivity index (χ2n) is 3.96. The molecule has 0 aromatic heterocycles. The van der Waals surface area contributed by atoms with Crippen molar-refractivity contribution in [2.24, 2.45) is 11.3 Å². The molecule has 0 saturated heterocycles. The summed E-state index contributed by atoms with van der Waals surface area (Å²) in [7, 11) is 0. The van der Waals surface area contributed by atoms with Gasteiger partial charge in [-0.05, 0) is 11.8 Å². The van der Waals surface area contributed by atoms with Gasteiger partial charge < -0.3 is 5.11 Å². The zero-order valence-corrected chi connectivity index (χ0v) is 8.55. The quantitative estimate of drug-likeness (QED) is 0.692. The third-order valence-corrected chi connectivity index (χ3v) is 2.93. The molecule has 0 aromatic carbocycles. The zero-order chi connectivity index (χ0) is 9.78. The van der Waals surface area contributed by atoms with Crippen molar-refractivity contribution in [3.8, 4) is 0 Å². The second-order valence-corrected chi connectivity index (χ2v) is 3.96. The summed E-state index contributed by atoms with van der Waals surface area (Å²) in [6, 6.07) is 0. The number of carboxylic acids is 1. The predicted octanol–water partition coefficient (Wildman–Crippen LogP) is 2.92. The van der Waals surface area contributed by atoms with E-state index in [1.165, 1.54) is 0 Å². The van der Waals surface area contributed by atoms with Gasteiger partial charge in [-0.3, -0.25) is 4.79 Å². The molecular formula is C10H20O2.